The summed E-state index contributed by atoms with van der Waals surface area (Å²) in [4.78, 5) is 5.98. The predicted molar refractivity (Wildman–Crippen MR) is 77.8 cm³/mol. The second-order valence-electron chi connectivity index (χ2n) is 6.76. The van der Waals surface area contributed by atoms with Crippen LogP contribution in [0.25, 0.3) is 0 Å². The maximum atomic E-state index is 5.98. The second kappa shape index (κ2) is 5.26. The first-order valence-electron chi connectivity index (χ1n) is 7.66. The van der Waals surface area contributed by atoms with Crippen LogP contribution in [0.15, 0.2) is 24.3 Å². The van der Waals surface area contributed by atoms with Crippen LogP contribution in [0.1, 0.15) is 63.1 Å². The van der Waals surface area contributed by atoms with Crippen LogP contribution in [0.5, 0.6) is 0 Å². The van der Waals surface area contributed by atoms with Crippen LogP contribution in [-0.2, 0) is 11.3 Å². The summed E-state index contributed by atoms with van der Waals surface area (Å²) in [6, 6.07) is 9.12. The van der Waals surface area contributed by atoms with E-state index in [0.717, 1.165) is 0 Å². The molecule has 1 saturated carbocycles. The van der Waals surface area contributed by atoms with Crippen molar-refractivity contribution in [3.05, 3.63) is 35.4 Å². The third kappa shape index (κ3) is 2.70. The van der Waals surface area contributed by atoms with Crippen molar-refractivity contribution >= 4 is 0 Å². The van der Waals surface area contributed by atoms with E-state index in [0.29, 0.717) is 12.1 Å². The molecule has 2 aliphatic rings. The van der Waals surface area contributed by atoms with Gasteiger partial charge in [-0.3, -0.25) is 4.84 Å². The monoisotopic (exact) mass is 259 g/mol. The normalized spacial score (nSPS) is 26.3. The Morgan fingerprint density at radius 1 is 1.16 bits per heavy atom. The number of aryl methyl sites for hydroxylation is 1. The zero-order valence-electron chi connectivity index (χ0n) is 12.1. The van der Waals surface area contributed by atoms with Gasteiger partial charge in [0.2, 0.25) is 0 Å². The summed E-state index contributed by atoms with van der Waals surface area (Å²) < 4.78 is 0. The predicted octanol–water partition coefficient (Wildman–Crippen LogP) is 4.16. The van der Waals surface area contributed by atoms with Gasteiger partial charge in [-0.1, -0.05) is 51.0 Å². The molecule has 2 heteroatoms. The van der Waals surface area contributed by atoms with Crippen LogP contribution in [0.4, 0.5) is 0 Å². The van der Waals surface area contributed by atoms with Crippen molar-refractivity contribution in [2.75, 3.05) is 0 Å². The van der Waals surface area contributed by atoms with E-state index in [2.05, 4.69) is 43.6 Å². The van der Waals surface area contributed by atoms with Crippen LogP contribution in [-0.4, -0.2) is 6.10 Å². The van der Waals surface area contributed by atoms with E-state index in [1.807, 2.05) is 0 Å². The van der Waals surface area contributed by atoms with E-state index in [1.54, 1.807) is 0 Å². The molecule has 1 fully saturated rings. The van der Waals surface area contributed by atoms with Gasteiger partial charge in [0.15, 0.2) is 0 Å². The Morgan fingerprint density at radius 3 is 2.68 bits per heavy atom. The second-order valence-corrected chi connectivity index (χ2v) is 6.76. The van der Waals surface area contributed by atoms with E-state index >= 15 is 0 Å². The molecule has 1 unspecified atom stereocenters. The number of hydrogen-bond donors (Lipinski definition) is 1. The summed E-state index contributed by atoms with van der Waals surface area (Å²) in [7, 11) is 0. The highest BCUT2D eigenvalue weighted by Gasteiger charge is 2.36. The molecule has 1 aromatic rings. The minimum atomic E-state index is 0.257. The SMILES string of the molecule is CC1(C)CCc2ccccc2C1NOC1CCCC1. The highest BCUT2D eigenvalue weighted by Crippen LogP contribution is 2.43. The maximum absolute atomic E-state index is 5.98. The number of rotatable bonds is 3. The Kier molecular flexibility index (Phi) is 3.64. The zero-order chi connectivity index (χ0) is 13.3. The molecule has 2 nitrogen and oxygen atoms in total. The lowest BCUT2D eigenvalue weighted by Crippen LogP contribution is -2.39. The third-order valence-corrected chi connectivity index (χ3v) is 4.84. The van der Waals surface area contributed by atoms with Gasteiger partial charge < -0.3 is 0 Å². The largest absolute Gasteiger partial charge is 0.298 e. The fourth-order valence-electron chi connectivity index (χ4n) is 3.46. The van der Waals surface area contributed by atoms with Crippen molar-refractivity contribution in [3.63, 3.8) is 0 Å². The summed E-state index contributed by atoms with van der Waals surface area (Å²) in [6.45, 7) is 4.69. The molecule has 0 amide bonds. The summed E-state index contributed by atoms with van der Waals surface area (Å²) in [5, 5.41) is 0. The summed E-state index contributed by atoms with van der Waals surface area (Å²) in [5.41, 5.74) is 6.58. The average molecular weight is 259 g/mol. The third-order valence-electron chi connectivity index (χ3n) is 4.84. The fraction of sp³-hybridized carbons (Fsp3) is 0.647. The van der Waals surface area contributed by atoms with Gasteiger partial charge in [-0.2, -0.15) is 5.48 Å². The number of benzene rings is 1. The Balaban J connectivity index is 1.76. The summed E-state index contributed by atoms with van der Waals surface area (Å²) in [6.07, 6.45) is 7.88. The molecule has 0 bridgehead atoms. The van der Waals surface area contributed by atoms with Crippen molar-refractivity contribution < 1.29 is 4.84 Å². The highest BCUT2D eigenvalue weighted by atomic mass is 16.7. The zero-order valence-corrected chi connectivity index (χ0v) is 12.1. The smallest absolute Gasteiger partial charge is 0.0790 e. The van der Waals surface area contributed by atoms with Gasteiger partial charge in [-0.25, -0.2) is 0 Å². The highest BCUT2D eigenvalue weighted by molar-refractivity contribution is 5.33. The molecular formula is C17H25NO. The van der Waals surface area contributed by atoms with Crippen molar-refractivity contribution in [2.45, 2.75) is 64.5 Å². The Bertz CT molecular complexity index is 435. The molecule has 0 heterocycles. The maximum Gasteiger partial charge on any atom is 0.0790 e. The van der Waals surface area contributed by atoms with E-state index in [-0.39, 0.29) is 5.41 Å². The van der Waals surface area contributed by atoms with Crippen LogP contribution < -0.4 is 5.48 Å². The van der Waals surface area contributed by atoms with E-state index in [9.17, 15) is 0 Å². The van der Waals surface area contributed by atoms with Gasteiger partial charge >= 0.3 is 0 Å². The molecule has 104 valence electrons. The molecule has 0 aliphatic heterocycles. The van der Waals surface area contributed by atoms with E-state index in [1.165, 1.54) is 49.7 Å². The quantitative estimate of drug-likeness (QED) is 0.823. The minimum Gasteiger partial charge on any atom is -0.298 e. The number of hydroxylamine groups is 1. The van der Waals surface area contributed by atoms with Crippen molar-refractivity contribution in [2.24, 2.45) is 5.41 Å². The lowest BCUT2D eigenvalue weighted by atomic mass is 9.71. The molecule has 1 aromatic carbocycles. The molecule has 1 N–H and O–H groups in total. The number of nitrogens with one attached hydrogen (secondary N) is 1. The van der Waals surface area contributed by atoms with Crippen LogP contribution in [0.2, 0.25) is 0 Å². The Labute approximate surface area is 116 Å². The Morgan fingerprint density at radius 2 is 1.89 bits per heavy atom. The van der Waals surface area contributed by atoms with Gasteiger partial charge in [-0.05, 0) is 42.2 Å². The van der Waals surface area contributed by atoms with Crippen molar-refractivity contribution in [1.29, 1.82) is 0 Å². The first-order valence-corrected chi connectivity index (χ1v) is 7.66. The minimum absolute atomic E-state index is 0.257. The standard InChI is InChI=1S/C17H25NO/c1-17(2)12-11-13-7-3-6-10-15(13)16(17)18-19-14-8-4-5-9-14/h3,6-7,10,14,16,18H,4-5,8-9,11-12H2,1-2H3. The van der Waals surface area contributed by atoms with Gasteiger partial charge in [0, 0.05) is 0 Å². The lowest BCUT2D eigenvalue weighted by molar-refractivity contribution is -0.0670. The fourth-order valence-corrected chi connectivity index (χ4v) is 3.46. The number of hydrogen-bond acceptors (Lipinski definition) is 2. The summed E-state index contributed by atoms with van der Waals surface area (Å²) in [5.74, 6) is 0. The molecule has 0 aromatic heterocycles. The van der Waals surface area contributed by atoms with Gasteiger partial charge in [0.05, 0.1) is 12.1 Å². The number of fused-ring (bicyclic) bond motifs is 1. The average Bonchev–Trinajstić information content (AvgIpc) is 2.90. The van der Waals surface area contributed by atoms with Crippen molar-refractivity contribution in [1.82, 2.24) is 5.48 Å². The van der Waals surface area contributed by atoms with Gasteiger partial charge in [-0.15, -0.1) is 0 Å². The van der Waals surface area contributed by atoms with E-state index in [4.69, 9.17) is 4.84 Å². The Hall–Kier alpha value is -0.860. The molecule has 0 saturated heterocycles. The van der Waals surface area contributed by atoms with Gasteiger partial charge in [0.1, 0.15) is 0 Å². The molecular weight excluding hydrogens is 234 g/mol. The first kappa shape index (κ1) is 13.1. The van der Waals surface area contributed by atoms with Crippen LogP contribution in [0.3, 0.4) is 0 Å². The first-order chi connectivity index (χ1) is 9.17. The topological polar surface area (TPSA) is 21.3 Å². The van der Waals surface area contributed by atoms with Crippen LogP contribution in [0, 0.1) is 5.41 Å². The van der Waals surface area contributed by atoms with Gasteiger partial charge in [0.25, 0.3) is 0 Å². The molecule has 1 atom stereocenters. The molecule has 2 aliphatic carbocycles. The molecule has 19 heavy (non-hydrogen) atoms. The molecule has 0 radical (unpaired) electrons. The molecule has 3 rings (SSSR count). The summed E-state index contributed by atoms with van der Waals surface area (Å²) >= 11 is 0. The van der Waals surface area contributed by atoms with Crippen molar-refractivity contribution in [3.8, 4) is 0 Å². The van der Waals surface area contributed by atoms with E-state index < -0.39 is 0 Å². The molecule has 0 spiro atoms. The van der Waals surface area contributed by atoms with Crippen LogP contribution >= 0.6 is 0 Å². The lowest BCUT2D eigenvalue weighted by Gasteiger charge is -2.40.